The highest BCUT2D eigenvalue weighted by Gasteiger charge is 2.52. The Labute approximate surface area is 319 Å². The molecule has 3 heteroatoms. The number of hydrogen-bond donors (Lipinski definition) is 0. The molecule has 0 aromatic heterocycles. The van der Waals surface area contributed by atoms with Crippen LogP contribution >= 0.6 is 15.9 Å². The normalized spacial score (nSPS) is 15.3. The Morgan fingerprint density at radius 1 is 0.377 bits per heavy atom. The van der Waals surface area contributed by atoms with Crippen molar-refractivity contribution in [2.24, 2.45) is 0 Å². The van der Waals surface area contributed by atoms with Crippen molar-refractivity contribution in [2.75, 3.05) is 9.80 Å². The summed E-state index contributed by atoms with van der Waals surface area (Å²) in [5, 5.41) is 0. The third-order valence-corrected chi connectivity index (χ3v) is 11.8. The summed E-state index contributed by atoms with van der Waals surface area (Å²) >= 11 is 3.88. The second-order valence-corrected chi connectivity index (χ2v) is 14.7. The first-order valence-corrected chi connectivity index (χ1v) is 19.0. The fourth-order valence-corrected chi connectivity index (χ4v) is 9.10. The number of halogens is 1. The SMILES string of the molecule is Brc1ccccc1CN1c2ccccc2C2(c3cc(-c4ccccc4)ccc31)c1ccccc1N(c1ccccc1)c1ccc(-c3ccccc3)cc12. The molecule has 2 aliphatic rings. The van der Waals surface area contributed by atoms with Gasteiger partial charge in [0, 0.05) is 28.1 Å². The third kappa shape index (κ3) is 4.99. The summed E-state index contributed by atoms with van der Waals surface area (Å²) in [5.74, 6) is 0. The minimum atomic E-state index is -0.636. The van der Waals surface area contributed by atoms with Crippen molar-refractivity contribution in [1.29, 1.82) is 0 Å². The van der Waals surface area contributed by atoms with Gasteiger partial charge in [-0.1, -0.05) is 162 Å². The fraction of sp³-hybridized carbons (Fsp3) is 0.0400. The molecule has 8 aromatic rings. The van der Waals surface area contributed by atoms with Crippen LogP contribution in [-0.2, 0) is 12.0 Å². The van der Waals surface area contributed by atoms with Crippen molar-refractivity contribution >= 4 is 44.4 Å². The summed E-state index contributed by atoms with van der Waals surface area (Å²) in [4.78, 5) is 4.99. The van der Waals surface area contributed by atoms with Gasteiger partial charge in [-0.25, -0.2) is 0 Å². The summed E-state index contributed by atoms with van der Waals surface area (Å²) < 4.78 is 1.11. The smallest absolute Gasteiger partial charge is 0.0783 e. The van der Waals surface area contributed by atoms with Crippen LogP contribution in [0.25, 0.3) is 22.3 Å². The Morgan fingerprint density at radius 2 is 0.830 bits per heavy atom. The first kappa shape index (κ1) is 31.6. The molecule has 2 aliphatic heterocycles. The molecule has 8 aromatic carbocycles. The van der Waals surface area contributed by atoms with Crippen molar-refractivity contribution in [3.05, 3.63) is 232 Å². The lowest BCUT2D eigenvalue weighted by molar-refractivity contribution is 0.705. The van der Waals surface area contributed by atoms with E-state index in [2.05, 4.69) is 226 Å². The molecule has 0 fully saturated rings. The van der Waals surface area contributed by atoms with Crippen molar-refractivity contribution in [3.8, 4) is 22.3 Å². The second-order valence-electron chi connectivity index (χ2n) is 13.8. The number of rotatable bonds is 5. The number of hydrogen-bond acceptors (Lipinski definition) is 2. The third-order valence-electron chi connectivity index (χ3n) is 11.0. The van der Waals surface area contributed by atoms with Crippen LogP contribution in [0.4, 0.5) is 28.4 Å². The molecule has 1 spiro atoms. The van der Waals surface area contributed by atoms with E-state index >= 15 is 0 Å². The van der Waals surface area contributed by atoms with Crippen molar-refractivity contribution in [3.63, 3.8) is 0 Å². The van der Waals surface area contributed by atoms with E-state index in [0.717, 1.165) is 16.7 Å². The Hall–Kier alpha value is -6.16. The quantitative estimate of drug-likeness (QED) is 0.173. The van der Waals surface area contributed by atoms with Gasteiger partial charge in [-0.3, -0.25) is 0 Å². The molecule has 53 heavy (non-hydrogen) atoms. The number of anilines is 5. The lowest BCUT2D eigenvalue weighted by Crippen LogP contribution is -2.42. The van der Waals surface area contributed by atoms with E-state index in [-0.39, 0.29) is 0 Å². The molecule has 2 nitrogen and oxygen atoms in total. The second kappa shape index (κ2) is 12.8. The largest absolute Gasteiger partial charge is 0.336 e. The fourth-order valence-electron chi connectivity index (χ4n) is 8.69. The van der Waals surface area contributed by atoms with Crippen LogP contribution in [0, 0.1) is 0 Å². The van der Waals surface area contributed by atoms with Crippen molar-refractivity contribution < 1.29 is 0 Å². The Morgan fingerprint density at radius 3 is 1.47 bits per heavy atom. The lowest BCUT2D eigenvalue weighted by atomic mass is 9.59. The molecule has 0 aliphatic carbocycles. The zero-order valence-corrected chi connectivity index (χ0v) is 30.6. The van der Waals surface area contributed by atoms with Crippen LogP contribution in [0.5, 0.6) is 0 Å². The summed E-state index contributed by atoms with van der Waals surface area (Å²) in [7, 11) is 0. The van der Waals surface area contributed by atoms with Gasteiger partial charge in [0.25, 0.3) is 0 Å². The van der Waals surface area contributed by atoms with Crippen molar-refractivity contribution in [2.45, 2.75) is 12.0 Å². The van der Waals surface area contributed by atoms with Crippen LogP contribution < -0.4 is 9.80 Å². The van der Waals surface area contributed by atoms with Gasteiger partial charge >= 0.3 is 0 Å². The van der Waals surface area contributed by atoms with E-state index in [1.165, 1.54) is 72.8 Å². The predicted octanol–water partition coefficient (Wildman–Crippen LogP) is 13.6. The standard InChI is InChI=1S/C50H35BrN2/c51-45-25-13-10-20-39(45)34-52-46-26-14-11-23-41(46)50(43-32-37(28-30-47(43)52)35-16-4-1-5-17-35)42-24-12-15-27-48(42)53(40-21-8-3-9-22-40)49-31-29-38(33-44(49)50)36-18-6-2-7-19-36/h1-33H,34H2. The average Bonchev–Trinajstić information content (AvgIpc) is 3.23. The van der Waals surface area contributed by atoms with Crippen LogP contribution in [0.15, 0.2) is 205 Å². The molecule has 0 N–H and O–H groups in total. The number of para-hydroxylation sites is 3. The summed E-state index contributed by atoms with van der Waals surface area (Å²) in [6, 6.07) is 73.4. The molecule has 0 amide bonds. The number of nitrogens with zero attached hydrogens (tertiary/aromatic N) is 2. The average molecular weight is 744 g/mol. The first-order chi connectivity index (χ1) is 26.2. The Bertz CT molecular complexity index is 2620. The molecule has 0 radical (unpaired) electrons. The summed E-state index contributed by atoms with van der Waals surface area (Å²) in [6.45, 7) is 0.723. The van der Waals surface area contributed by atoms with Gasteiger partial charge < -0.3 is 9.80 Å². The topological polar surface area (TPSA) is 6.48 Å². The van der Waals surface area contributed by atoms with Crippen LogP contribution in [0.3, 0.4) is 0 Å². The zero-order valence-electron chi connectivity index (χ0n) is 29.0. The maximum atomic E-state index is 3.88. The molecular formula is C50H35BrN2. The molecular weight excluding hydrogens is 708 g/mol. The van der Waals surface area contributed by atoms with Crippen molar-refractivity contribution in [1.82, 2.24) is 0 Å². The lowest BCUT2D eigenvalue weighted by Gasteiger charge is -2.51. The minimum Gasteiger partial charge on any atom is -0.336 e. The van der Waals surface area contributed by atoms with Crippen LogP contribution in [0.1, 0.15) is 27.8 Å². The van der Waals surface area contributed by atoms with E-state index in [1.54, 1.807) is 0 Å². The maximum absolute atomic E-state index is 3.88. The highest BCUT2D eigenvalue weighted by Crippen LogP contribution is 2.64. The predicted molar refractivity (Wildman–Crippen MR) is 224 cm³/mol. The maximum Gasteiger partial charge on any atom is 0.0783 e. The van der Waals surface area contributed by atoms with E-state index in [0.29, 0.717) is 0 Å². The van der Waals surface area contributed by atoms with Gasteiger partial charge in [0.2, 0.25) is 0 Å². The van der Waals surface area contributed by atoms with E-state index in [9.17, 15) is 0 Å². The zero-order chi connectivity index (χ0) is 35.4. The minimum absolute atomic E-state index is 0.636. The Kier molecular flexibility index (Phi) is 7.63. The van der Waals surface area contributed by atoms with E-state index in [4.69, 9.17) is 0 Å². The van der Waals surface area contributed by atoms with Crippen LogP contribution in [-0.4, -0.2) is 0 Å². The number of fused-ring (bicyclic) bond motifs is 8. The van der Waals surface area contributed by atoms with Gasteiger partial charge in [0.15, 0.2) is 0 Å². The molecule has 1 unspecified atom stereocenters. The van der Waals surface area contributed by atoms with Gasteiger partial charge in [0.1, 0.15) is 0 Å². The number of benzene rings is 8. The molecule has 2 heterocycles. The van der Waals surface area contributed by atoms with Gasteiger partial charge in [0.05, 0.1) is 16.8 Å². The first-order valence-electron chi connectivity index (χ1n) is 18.2. The van der Waals surface area contributed by atoms with E-state index < -0.39 is 5.41 Å². The summed E-state index contributed by atoms with van der Waals surface area (Å²) in [6.07, 6.45) is 0. The highest BCUT2D eigenvalue weighted by atomic mass is 79.9. The monoisotopic (exact) mass is 742 g/mol. The molecule has 252 valence electrons. The Balaban J connectivity index is 1.35. The highest BCUT2D eigenvalue weighted by molar-refractivity contribution is 9.10. The molecule has 1 atom stereocenters. The molecule has 0 saturated heterocycles. The van der Waals surface area contributed by atoms with Crippen LogP contribution in [0.2, 0.25) is 0 Å². The van der Waals surface area contributed by atoms with E-state index in [1.807, 2.05) is 0 Å². The molecule has 0 bridgehead atoms. The molecule has 0 saturated carbocycles. The van der Waals surface area contributed by atoms with Gasteiger partial charge in [-0.2, -0.15) is 0 Å². The molecule has 10 rings (SSSR count). The summed E-state index contributed by atoms with van der Waals surface area (Å²) in [5.41, 5.74) is 16.4. The van der Waals surface area contributed by atoms with Gasteiger partial charge in [-0.05, 0) is 105 Å². The van der Waals surface area contributed by atoms with Gasteiger partial charge in [-0.15, -0.1) is 0 Å².